The predicted octanol–water partition coefficient (Wildman–Crippen LogP) is 2.98. The van der Waals surface area contributed by atoms with E-state index in [2.05, 4.69) is 5.32 Å². The Morgan fingerprint density at radius 1 is 1.32 bits per heavy atom. The van der Waals surface area contributed by atoms with E-state index in [0.717, 1.165) is 32.1 Å². The van der Waals surface area contributed by atoms with E-state index in [-0.39, 0.29) is 23.7 Å². The second kappa shape index (κ2) is 6.15. The molecule has 0 heterocycles. The van der Waals surface area contributed by atoms with Gasteiger partial charge in [0.25, 0.3) is 0 Å². The summed E-state index contributed by atoms with van der Waals surface area (Å²) in [4.78, 5) is 12.2. The van der Waals surface area contributed by atoms with Crippen LogP contribution in [0.25, 0.3) is 0 Å². The molecule has 19 heavy (non-hydrogen) atoms. The maximum atomic E-state index is 13.2. The molecule has 0 saturated heterocycles. The SMILES string of the molecule is Cc1cc(NC(=O)C2CCCCCC2N)ccc1F. The molecule has 0 bridgehead atoms. The third-order valence-electron chi connectivity index (χ3n) is 3.83. The van der Waals surface area contributed by atoms with Gasteiger partial charge in [0.1, 0.15) is 5.82 Å². The summed E-state index contributed by atoms with van der Waals surface area (Å²) in [7, 11) is 0. The zero-order valence-electron chi connectivity index (χ0n) is 11.3. The number of hydrogen-bond donors (Lipinski definition) is 2. The third-order valence-corrected chi connectivity index (χ3v) is 3.83. The zero-order valence-corrected chi connectivity index (χ0v) is 11.3. The summed E-state index contributed by atoms with van der Waals surface area (Å²) >= 11 is 0. The van der Waals surface area contributed by atoms with Crippen LogP contribution in [0.2, 0.25) is 0 Å². The molecule has 0 radical (unpaired) electrons. The molecule has 2 atom stereocenters. The van der Waals surface area contributed by atoms with Gasteiger partial charge in [-0.1, -0.05) is 19.3 Å². The fourth-order valence-electron chi connectivity index (χ4n) is 2.62. The van der Waals surface area contributed by atoms with Gasteiger partial charge < -0.3 is 11.1 Å². The Kier molecular flexibility index (Phi) is 4.53. The molecule has 3 N–H and O–H groups in total. The lowest BCUT2D eigenvalue weighted by atomic mass is 9.94. The fraction of sp³-hybridized carbons (Fsp3) is 0.533. The minimum absolute atomic E-state index is 0.0413. The van der Waals surface area contributed by atoms with Crippen LogP contribution in [0.3, 0.4) is 0 Å². The highest BCUT2D eigenvalue weighted by molar-refractivity contribution is 5.93. The Labute approximate surface area is 113 Å². The van der Waals surface area contributed by atoms with Crippen molar-refractivity contribution in [3.05, 3.63) is 29.6 Å². The van der Waals surface area contributed by atoms with Gasteiger partial charge in [-0.2, -0.15) is 0 Å². The van der Waals surface area contributed by atoms with Crippen molar-refractivity contribution in [2.24, 2.45) is 11.7 Å². The summed E-state index contributed by atoms with van der Waals surface area (Å²) in [5.41, 5.74) is 7.24. The number of nitrogens with two attached hydrogens (primary N) is 1. The van der Waals surface area contributed by atoms with Crippen LogP contribution < -0.4 is 11.1 Å². The van der Waals surface area contributed by atoms with E-state index >= 15 is 0 Å². The fourth-order valence-corrected chi connectivity index (χ4v) is 2.62. The third kappa shape index (κ3) is 3.53. The van der Waals surface area contributed by atoms with Gasteiger partial charge in [0.2, 0.25) is 5.91 Å². The van der Waals surface area contributed by atoms with Crippen molar-refractivity contribution in [2.75, 3.05) is 5.32 Å². The molecule has 0 aliphatic heterocycles. The first-order valence-electron chi connectivity index (χ1n) is 6.90. The van der Waals surface area contributed by atoms with E-state index in [1.54, 1.807) is 19.1 Å². The Morgan fingerprint density at radius 3 is 2.79 bits per heavy atom. The number of carbonyl (C=O) groups excluding carboxylic acids is 1. The molecule has 3 nitrogen and oxygen atoms in total. The number of carbonyl (C=O) groups is 1. The molecule has 0 spiro atoms. The van der Waals surface area contributed by atoms with Gasteiger partial charge >= 0.3 is 0 Å². The Morgan fingerprint density at radius 2 is 2.05 bits per heavy atom. The molecule has 1 aliphatic carbocycles. The van der Waals surface area contributed by atoms with Gasteiger partial charge in [-0.3, -0.25) is 4.79 Å². The van der Waals surface area contributed by atoms with E-state index < -0.39 is 0 Å². The van der Waals surface area contributed by atoms with Gasteiger partial charge in [0.15, 0.2) is 0 Å². The number of benzene rings is 1. The lowest BCUT2D eigenvalue weighted by Gasteiger charge is -2.20. The van der Waals surface area contributed by atoms with Crippen LogP contribution >= 0.6 is 0 Å². The number of aryl methyl sites for hydroxylation is 1. The van der Waals surface area contributed by atoms with Gasteiger partial charge in [-0.15, -0.1) is 0 Å². The molecular weight excluding hydrogens is 243 g/mol. The molecule has 4 heteroatoms. The summed E-state index contributed by atoms with van der Waals surface area (Å²) in [5, 5.41) is 2.85. The lowest BCUT2D eigenvalue weighted by molar-refractivity contribution is -0.120. The van der Waals surface area contributed by atoms with Gasteiger partial charge in [0, 0.05) is 11.7 Å². The van der Waals surface area contributed by atoms with Crippen molar-refractivity contribution in [1.82, 2.24) is 0 Å². The minimum Gasteiger partial charge on any atom is -0.327 e. The number of anilines is 1. The first-order valence-corrected chi connectivity index (χ1v) is 6.90. The topological polar surface area (TPSA) is 55.1 Å². The van der Waals surface area contributed by atoms with Crippen molar-refractivity contribution in [2.45, 2.75) is 45.1 Å². The normalized spacial score (nSPS) is 23.7. The summed E-state index contributed by atoms with van der Waals surface area (Å²) in [5.74, 6) is -0.433. The molecule has 1 aliphatic rings. The quantitative estimate of drug-likeness (QED) is 0.807. The van der Waals surface area contributed by atoms with Crippen molar-refractivity contribution >= 4 is 11.6 Å². The summed E-state index contributed by atoms with van der Waals surface area (Å²) in [6.45, 7) is 1.68. The predicted molar refractivity (Wildman–Crippen MR) is 74.3 cm³/mol. The van der Waals surface area contributed by atoms with Crippen molar-refractivity contribution in [3.8, 4) is 0 Å². The van der Waals surface area contributed by atoms with E-state index in [1.165, 1.54) is 6.07 Å². The number of halogens is 1. The molecule has 1 aromatic rings. The molecule has 1 saturated carbocycles. The largest absolute Gasteiger partial charge is 0.327 e. The lowest BCUT2D eigenvalue weighted by Crippen LogP contribution is -2.37. The maximum absolute atomic E-state index is 13.2. The van der Waals surface area contributed by atoms with Crippen LogP contribution in [-0.4, -0.2) is 11.9 Å². The van der Waals surface area contributed by atoms with Crippen LogP contribution in [0.15, 0.2) is 18.2 Å². The minimum atomic E-state index is -0.260. The Balaban J connectivity index is 2.04. The highest BCUT2D eigenvalue weighted by Crippen LogP contribution is 2.24. The number of amides is 1. The molecular formula is C15H21FN2O. The molecule has 0 aromatic heterocycles. The number of nitrogens with one attached hydrogen (secondary N) is 1. The maximum Gasteiger partial charge on any atom is 0.229 e. The molecule has 2 rings (SSSR count). The van der Waals surface area contributed by atoms with E-state index in [4.69, 9.17) is 5.73 Å². The monoisotopic (exact) mass is 264 g/mol. The van der Waals surface area contributed by atoms with Crippen LogP contribution in [0.4, 0.5) is 10.1 Å². The van der Waals surface area contributed by atoms with E-state index in [9.17, 15) is 9.18 Å². The number of rotatable bonds is 2. The zero-order chi connectivity index (χ0) is 13.8. The summed E-state index contributed by atoms with van der Waals surface area (Å²) in [6, 6.07) is 4.54. The highest BCUT2D eigenvalue weighted by atomic mass is 19.1. The molecule has 1 aromatic carbocycles. The molecule has 2 unspecified atom stereocenters. The average Bonchev–Trinajstić information content (AvgIpc) is 2.58. The van der Waals surface area contributed by atoms with E-state index in [0.29, 0.717) is 11.3 Å². The highest BCUT2D eigenvalue weighted by Gasteiger charge is 2.27. The summed E-state index contributed by atoms with van der Waals surface area (Å²) < 4.78 is 13.2. The first kappa shape index (κ1) is 14.0. The Bertz CT molecular complexity index is 461. The van der Waals surface area contributed by atoms with Crippen molar-refractivity contribution in [3.63, 3.8) is 0 Å². The second-order valence-corrected chi connectivity index (χ2v) is 5.36. The molecule has 1 fully saturated rings. The number of hydrogen-bond acceptors (Lipinski definition) is 2. The smallest absolute Gasteiger partial charge is 0.229 e. The van der Waals surface area contributed by atoms with Gasteiger partial charge in [0.05, 0.1) is 5.92 Å². The average molecular weight is 264 g/mol. The first-order chi connectivity index (χ1) is 9.08. The van der Waals surface area contributed by atoms with Crippen LogP contribution in [0.1, 0.15) is 37.7 Å². The van der Waals surface area contributed by atoms with Crippen LogP contribution in [-0.2, 0) is 4.79 Å². The van der Waals surface area contributed by atoms with E-state index in [1.807, 2.05) is 0 Å². The van der Waals surface area contributed by atoms with Crippen LogP contribution in [0.5, 0.6) is 0 Å². The molecule has 104 valence electrons. The standard InChI is InChI=1S/C15H21FN2O/c1-10-9-11(7-8-13(10)16)18-15(19)12-5-3-2-4-6-14(12)17/h7-9,12,14H,2-6,17H2,1H3,(H,18,19). The van der Waals surface area contributed by atoms with Crippen molar-refractivity contribution < 1.29 is 9.18 Å². The summed E-state index contributed by atoms with van der Waals surface area (Å²) in [6.07, 6.45) is 5.04. The van der Waals surface area contributed by atoms with Crippen LogP contribution in [0, 0.1) is 18.7 Å². The second-order valence-electron chi connectivity index (χ2n) is 5.36. The van der Waals surface area contributed by atoms with Gasteiger partial charge in [-0.25, -0.2) is 4.39 Å². The van der Waals surface area contributed by atoms with Gasteiger partial charge in [-0.05, 0) is 43.5 Å². The van der Waals surface area contributed by atoms with Crippen molar-refractivity contribution in [1.29, 1.82) is 0 Å². The molecule has 1 amide bonds. The Hall–Kier alpha value is -1.42.